The molecule has 1 heterocycles. The number of aliphatic hydroxyl groups is 1. The largest absolute Gasteiger partial charge is 0.394 e. The van der Waals surface area contributed by atoms with Crippen molar-refractivity contribution in [3.8, 4) is 0 Å². The Hall–Kier alpha value is -0.870. The number of hydrogen-bond acceptors (Lipinski definition) is 3. The summed E-state index contributed by atoms with van der Waals surface area (Å²) >= 11 is 0. The Labute approximate surface area is 65.7 Å². The Morgan fingerprint density at radius 3 is 3.00 bits per heavy atom. The molecule has 4 heteroatoms. The van der Waals surface area contributed by atoms with Crippen LogP contribution in [0, 0.1) is 0 Å². The Kier molecular flexibility index (Phi) is 2.62. The first-order chi connectivity index (χ1) is 5.27. The monoisotopic (exact) mass is 155 g/mol. The van der Waals surface area contributed by atoms with Crippen molar-refractivity contribution in [2.45, 2.75) is 19.5 Å². The molecule has 0 fully saturated rings. The van der Waals surface area contributed by atoms with E-state index in [0.717, 1.165) is 12.2 Å². The SMILES string of the molecule is CCn1cnc(C(N)CO)c1. The molecular weight excluding hydrogens is 142 g/mol. The highest BCUT2D eigenvalue weighted by atomic mass is 16.3. The molecule has 1 atom stereocenters. The molecule has 1 aromatic heterocycles. The van der Waals surface area contributed by atoms with Crippen LogP contribution in [0.25, 0.3) is 0 Å². The van der Waals surface area contributed by atoms with Crippen molar-refractivity contribution in [3.05, 3.63) is 18.2 Å². The molecule has 0 aliphatic carbocycles. The quantitative estimate of drug-likeness (QED) is 0.640. The maximum Gasteiger partial charge on any atom is 0.0950 e. The van der Waals surface area contributed by atoms with E-state index < -0.39 is 0 Å². The van der Waals surface area contributed by atoms with Gasteiger partial charge in [-0.25, -0.2) is 4.98 Å². The fourth-order valence-corrected chi connectivity index (χ4v) is 0.835. The van der Waals surface area contributed by atoms with Crippen LogP contribution in [0.1, 0.15) is 18.7 Å². The lowest BCUT2D eigenvalue weighted by molar-refractivity contribution is 0.266. The van der Waals surface area contributed by atoms with E-state index in [1.54, 1.807) is 6.33 Å². The normalized spacial score (nSPS) is 13.4. The molecule has 0 aromatic carbocycles. The van der Waals surface area contributed by atoms with Crippen molar-refractivity contribution < 1.29 is 5.11 Å². The molecule has 62 valence electrons. The van der Waals surface area contributed by atoms with Crippen molar-refractivity contribution in [2.24, 2.45) is 5.73 Å². The van der Waals surface area contributed by atoms with Gasteiger partial charge in [0.25, 0.3) is 0 Å². The molecule has 1 rings (SSSR count). The van der Waals surface area contributed by atoms with Gasteiger partial charge in [0, 0.05) is 12.7 Å². The Morgan fingerprint density at radius 2 is 2.55 bits per heavy atom. The topological polar surface area (TPSA) is 64.1 Å². The molecule has 0 saturated carbocycles. The molecule has 1 aromatic rings. The average molecular weight is 155 g/mol. The van der Waals surface area contributed by atoms with Crippen molar-refractivity contribution in [2.75, 3.05) is 6.61 Å². The van der Waals surface area contributed by atoms with Gasteiger partial charge in [-0.05, 0) is 6.92 Å². The second-order valence-electron chi connectivity index (χ2n) is 2.42. The average Bonchev–Trinajstić information content (AvgIpc) is 2.50. The fraction of sp³-hybridized carbons (Fsp3) is 0.571. The second-order valence-corrected chi connectivity index (χ2v) is 2.42. The number of imidazole rings is 1. The summed E-state index contributed by atoms with van der Waals surface area (Å²) in [5, 5.41) is 8.70. The van der Waals surface area contributed by atoms with Gasteiger partial charge < -0.3 is 15.4 Å². The van der Waals surface area contributed by atoms with Crippen LogP contribution >= 0.6 is 0 Å². The van der Waals surface area contributed by atoms with Crippen LogP contribution in [0.5, 0.6) is 0 Å². The van der Waals surface area contributed by atoms with Gasteiger partial charge in [-0.1, -0.05) is 0 Å². The van der Waals surface area contributed by atoms with E-state index in [9.17, 15) is 0 Å². The van der Waals surface area contributed by atoms with E-state index >= 15 is 0 Å². The van der Waals surface area contributed by atoms with Gasteiger partial charge in [-0.2, -0.15) is 0 Å². The van der Waals surface area contributed by atoms with Crippen molar-refractivity contribution in [1.29, 1.82) is 0 Å². The van der Waals surface area contributed by atoms with E-state index in [-0.39, 0.29) is 12.6 Å². The number of rotatable bonds is 3. The second kappa shape index (κ2) is 3.50. The van der Waals surface area contributed by atoms with Crippen LogP contribution in [-0.2, 0) is 6.54 Å². The van der Waals surface area contributed by atoms with Crippen LogP contribution in [0.3, 0.4) is 0 Å². The minimum atomic E-state index is -0.345. The summed E-state index contributed by atoms with van der Waals surface area (Å²) in [7, 11) is 0. The van der Waals surface area contributed by atoms with Crippen LogP contribution in [-0.4, -0.2) is 21.3 Å². The van der Waals surface area contributed by atoms with Crippen molar-refractivity contribution in [3.63, 3.8) is 0 Å². The number of hydrogen-bond donors (Lipinski definition) is 2. The highest BCUT2D eigenvalue weighted by Crippen LogP contribution is 2.05. The number of aliphatic hydroxyl groups excluding tert-OH is 1. The first kappa shape index (κ1) is 8.23. The lowest BCUT2D eigenvalue weighted by Crippen LogP contribution is -2.14. The third-order valence-corrected chi connectivity index (χ3v) is 1.59. The summed E-state index contributed by atoms with van der Waals surface area (Å²) in [6.07, 6.45) is 3.56. The summed E-state index contributed by atoms with van der Waals surface area (Å²) in [4.78, 5) is 4.04. The first-order valence-electron chi connectivity index (χ1n) is 3.66. The summed E-state index contributed by atoms with van der Waals surface area (Å²) in [6, 6.07) is -0.345. The van der Waals surface area contributed by atoms with E-state index in [4.69, 9.17) is 10.8 Å². The lowest BCUT2D eigenvalue weighted by Gasteiger charge is -2.01. The molecule has 0 bridgehead atoms. The molecule has 11 heavy (non-hydrogen) atoms. The van der Waals surface area contributed by atoms with Gasteiger partial charge in [-0.3, -0.25) is 0 Å². The third-order valence-electron chi connectivity index (χ3n) is 1.59. The predicted molar refractivity (Wildman–Crippen MR) is 41.9 cm³/mol. The number of aryl methyl sites for hydroxylation is 1. The lowest BCUT2D eigenvalue weighted by atomic mass is 10.2. The zero-order valence-corrected chi connectivity index (χ0v) is 6.57. The molecule has 0 spiro atoms. The fourth-order valence-electron chi connectivity index (χ4n) is 0.835. The molecule has 0 amide bonds. The smallest absolute Gasteiger partial charge is 0.0950 e. The van der Waals surface area contributed by atoms with Gasteiger partial charge >= 0.3 is 0 Å². The standard InChI is InChI=1S/C7H13N3O/c1-2-10-3-7(9-5-10)6(8)4-11/h3,5-6,11H,2,4,8H2,1H3. The maximum atomic E-state index is 8.70. The Bertz CT molecular complexity index is 221. The van der Waals surface area contributed by atoms with E-state index in [1.807, 2.05) is 17.7 Å². The molecule has 0 saturated heterocycles. The highest BCUT2D eigenvalue weighted by molar-refractivity contribution is 5.02. The van der Waals surface area contributed by atoms with Gasteiger partial charge in [0.15, 0.2) is 0 Å². The molecular formula is C7H13N3O. The zero-order valence-electron chi connectivity index (χ0n) is 6.57. The van der Waals surface area contributed by atoms with E-state index in [0.29, 0.717) is 0 Å². The number of nitrogens with zero attached hydrogens (tertiary/aromatic N) is 2. The van der Waals surface area contributed by atoms with E-state index in [2.05, 4.69) is 4.98 Å². The minimum Gasteiger partial charge on any atom is -0.394 e. The summed E-state index contributed by atoms with van der Waals surface area (Å²) in [5.74, 6) is 0. The van der Waals surface area contributed by atoms with Crippen LogP contribution in [0.15, 0.2) is 12.5 Å². The number of aromatic nitrogens is 2. The van der Waals surface area contributed by atoms with Gasteiger partial charge in [0.2, 0.25) is 0 Å². The highest BCUT2D eigenvalue weighted by Gasteiger charge is 2.06. The molecule has 3 N–H and O–H groups in total. The molecule has 0 radical (unpaired) electrons. The number of nitrogens with two attached hydrogens (primary N) is 1. The Balaban J connectivity index is 2.71. The van der Waals surface area contributed by atoms with Crippen LogP contribution in [0.4, 0.5) is 0 Å². The first-order valence-corrected chi connectivity index (χ1v) is 3.66. The molecule has 0 aliphatic rings. The maximum absolute atomic E-state index is 8.70. The summed E-state index contributed by atoms with van der Waals surface area (Å²) < 4.78 is 1.92. The molecule has 1 unspecified atom stereocenters. The van der Waals surface area contributed by atoms with Gasteiger partial charge in [0.1, 0.15) is 0 Å². The molecule has 0 aliphatic heterocycles. The predicted octanol–water partition coefficient (Wildman–Crippen LogP) is -0.105. The van der Waals surface area contributed by atoms with Crippen molar-refractivity contribution in [1.82, 2.24) is 9.55 Å². The van der Waals surface area contributed by atoms with E-state index in [1.165, 1.54) is 0 Å². The summed E-state index contributed by atoms with van der Waals surface area (Å²) in [5.41, 5.74) is 6.28. The van der Waals surface area contributed by atoms with Crippen LogP contribution in [0.2, 0.25) is 0 Å². The molecule has 4 nitrogen and oxygen atoms in total. The van der Waals surface area contributed by atoms with Crippen LogP contribution < -0.4 is 5.73 Å². The van der Waals surface area contributed by atoms with Gasteiger partial charge in [0.05, 0.1) is 24.7 Å². The summed E-state index contributed by atoms with van der Waals surface area (Å²) in [6.45, 7) is 2.85. The zero-order chi connectivity index (χ0) is 8.27. The van der Waals surface area contributed by atoms with Gasteiger partial charge in [-0.15, -0.1) is 0 Å². The Morgan fingerprint density at radius 1 is 1.82 bits per heavy atom. The van der Waals surface area contributed by atoms with Crippen molar-refractivity contribution >= 4 is 0 Å². The minimum absolute atomic E-state index is 0.0548. The third kappa shape index (κ3) is 1.78.